The molecular weight excluding hydrogens is 306 g/mol. The second-order valence-corrected chi connectivity index (χ2v) is 12.6. The smallest absolute Gasteiger partial charge is 0.411 e. The van der Waals surface area contributed by atoms with Gasteiger partial charge in [0.1, 0.15) is 0 Å². The molecule has 1 amide bonds. The van der Waals surface area contributed by atoms with Crippen molar-refractivity contribution in [3.63, 3.8) is 0 Å². The summed E-state index contributed by atoms with van der Waals surface area (Å²) in [5.41, 5.74) is 2.61. The molecule has 0 spiro atoms. The Morgan fingerprint density at radius 2 is 1.96 bits per heavy atom. The van der Waals surface area contributed by atoms with E-state index in [9.17, 15) is 9.90 Å². The summed E-state index contributed by atoms with van der Waals surface area (Å²) in [5, 5.41) is 11.7. The lowest BCUT2D eigenvalue weighted by Crippen LogP contribution is -2.34. The number of carbonyl (C=O) groups is 1. The Labute approximate surface area is 136 Å². The number of H-pyrrole nitrogens is 1. The molecule has 5 nitrogen and oxygen atoms in total. The van der Waals surface area contributed by atoms with Gasteiger partial charge in [-0.15, -0.1) is 0 Å². The van der Waals surface area contributed by atoms with Crippen molar-refractivity contribution in [2.24, 2.45) is 0 Å². The Bertz CT molecular complexity index is 867. The number of fused-ring (bicyclic) bond motifs is 3. The predicted molar refractivity (Wildman–Crippen MR) is 97.1 cm³/mol. The summed E-state index contributed by atoms with van der Waals surface area (Å²) in [7, 11) is -1.30. The van der Waals surface area contributed by atoms with Gasteiger partial charge in [-0.1, -0.05) is 25.7 Å². The van der Waals surface area contributed by atoms with Crippen LogP contribution in [0.3, 0.4) is 0 Å². The Morgan fingerprint density at radius 1 is 1.22 bits per heavy atom. The number of carboxylic acid groups (broad SMARTS) is 1. The number of aromatic nitrogens is 2. The molecular formula is C17H21N3O2Si. The normalized spacial score (nSPS) is 12.0. The maximum atomic E-state index is 11.6. The van der Waals surface area contributed by atoms with Crippen LogP contribution in [0.4, 0.5) is 10.5 Å². The van der Waals surface area contributed by atoms with Crippen LogP contribution in [-0.2, 0) is 0 Å². The van der Waals surface area contributed by atoms with Crippen molar-refractivity contribution in [1.82, 2.24) is 9.97 Å². The van der Waals surface area contributed by atoms with Crippen molar-refractivity contribution in [1.29, 1.82) is 0 Å². The topological polar surface area (TPSA) is 69.2 Å². The third kappa shape index (κ3) is 3.22. The largest absolute Gasteiger partial charge is 0.465 e. The van der Waals surface area contributed by atoms with E-state index in [1.54, 1.807) is 12.4 Å². The number of aromatic amines is 1. The van der Waals surface area contributed by atoms with E-state index < -0.39 is 14.2 Å². The third-order valence-corrected chi connectivity index (χ3v) is 5.74. The van der Waals surface area contributed by atoms with Crippen LogP contribution >= 0.6 is 0 Å². The summed E-state index contributed by atoms with van der Waals surface area (Å²) in [4.78, 5) is 20.5. The van der Waals surface area contributed by atoms with Gasteiger partial charge in [-0.25, -0.2) is 4.79 Å². The van der Waals surface area contributed by atoms with Gasteiger partial charge in [-0.05, 0) is 24.2 Å². The van der Waals surface area contributed by atoms with Gasteiger partial charge in [0.05, 0.1) is 11.7 Å². The number of pyridine rings is 1. The standard InChI is InChI=1S/C17H21N3O2Si/c1-23(2,3)9-8-20(17(21)22)12-4-5-13-14-6-7-18-11-16(14)19-15(13)10-12/h4-7,10-11,19H,8-9H2,1-3H3,(H,21,22). The molecule has 2 heterocycles. The minimum Gasteiger partial charge on any atom is -0.465 e. The zero-order chi connectivity index (χ0) is 16.6. The fraction of sp³-hybridized carbons (Fsp3) is 0.294. The first-order valence-corrected chi connectivity index (χ1v) is 11.4. The van der Waals surface area contributed by atoms with E-state index in [1.165, 1.54) is 4.90 Å². The summed E-state index contributed by atoms with van der Waals surface area (Å²) in [6.45, 7) is 7.29. The average molecular weight is 327 g/mol. The number of rotatable bonds is 4. The molecule has 2 N–H and O–H groups in total. The van der Waals surface area contributed by atoms with Crippen molar-refractivity contribution in [2.45, 2.75) is 25.7 Å². The van der Waals surface area contributed by atoms with Crippen molar-refractivity contribution < 1.29 is 9.90 Å². The highest BCUT2D eigenvalue weighted by molar-refractivity contribution is 6.76. The van der Waals surface area contributed by atoms with Gasteiger partial charge in [0.2, 0.25) is 0 Å². The summed E-state index contributed by atoms with van der Waals surface area (Å²) < 4.78 is 0. The van der Waals surface area contributed by atoms with Crippen LogP contribution < -0.4 is 4.90 Å². The van der Waals surface area contributed by atoms with Crippen LogP contribution in [0.25, 0.3) is 21.8 Å². The van der Waals surface area contributed by atoms with Crippen LogP contribution in [0, 0.1) is 0 Å². The molecule has 0 fully saturated rings. The number of benzene rings is 1. The lowest BCUT2D eigenvalue weighted by atomic mass is 10.1. The minimum atomic E-state index is -1.30. The van der Waals surface area contributed by atoms with Crippen molar-refractivity contribution in [3.8, 4) is 0 Å². The molecule has 0 aliphatic carbocycles. The number of amides is 1. The van der Waals surface area contributed by atoms with Crippen molar-refractivity contribution in [3.05, 3.63) is 36.7 Å². The molecule has 0 aliphatic rings. The fourth-order valence-electron chi connectivity index (χ4n) is 2.69. The first kappa shape index (κ1) is 15.5. The highest BCUT2D eigenvalue weighted by Gasteiger charge is 2.20. The zero-order valence-electron chi connectivity index (χ0n) is 13.6. The molecule has 3 rings (SSSR count). The van der Waals surface area contributed by atoms with E-state index in [2.05, 4.69) is 29.6 Å². The lowest BCUT2D eigenvalue weighted by Gasteiger charge is -2.23. The van der Waals surface area contributed by atoms with Crippen LogP contribution in [-0.4, -0.2) is 35.8 Å². The van der Waals surface area contributed by atoms with Gasteiger partial charge in [0.15, 0.2) is 0 Å². The van der Waals surface area contributed by atoms with Gasteiger partial charge in [0.25, 0.3) is 0 Å². The minimum absolute atomic E-state index is 0.540. The Morgan fingerprint density at radius 3 is 2.65 bits per heavy atom. The van der Waals surface area contributed by atoms with E-state index >= 15 is 0 Å². The molecule has 0 unspecified atom stereocenters. The van der Waals surface area contributed by atoms with Gasteiger partial charge in [0, 0.05) is 42.8 Å². The maximum absolute atomic E-state index is 11.6. The second kappa shape index (κ2) is 5.70. The summed E-state index contributed by atoms with van der Waals surface area (Å²) in [6.07, 6.45) is 2.65. The first-order chi connectivity index (χ1) is 10.8. The van der Waals surface area contributed by atoms with E-state index in [4.69, 9.17) is 0 Å². The van der Waals surface area contributed by atoms with E-state index in [0.717, 1.165) is 27.8 Å². The van der Waals surface area contributed by atoms with E-state index in [-0.39, 0.29) is 0 Å². The fourth-order valence-corrected chi connectivity index (χ4v) is 3.59. The molecule has 0 atom stereocenters. The average Bonchev–Trinajstić information content (AvgIpc) is 2.83. The quantitative estimate of drug-likeness (QED) is 0.691. The van der Waals surface area contributed by atoms with Gasteiger partial charge < -0.3 is 10.1 Å². The van der Waals surface area contributed by atoms with Crippen LogP contribution in [0.5, 0.6) is 0 Å². The Kier molecular flexibility index (Phi) is 3.85. The van der Waals surface area contributed by atoms with Gasteiger partial charge in [-0.2, -0.15) is 0 Å². The molecule has 1 aromatic carbocycles. The highest BCUT2D eigenvalue weighted by atomic mass is 28.3. The molecule has 23 heavy (non-hydrogen) atoms. The van der Waals surface area contributed by atoms with Crippen molar-refractivity contribution in [2.75, 3.05) is 11.4 Å². The molecule has 0 saturated carbocycles. The molecule has 0 saturated heterocycles. The van der Waals surface area contributed by atoms with Crippen LogP contribution in [0.15, 0.2) is 36.7 Å². The number of nitrogens with one attached hydrogen (secondary N) is 1. The van der Waals surface area contributed by atoms with Crippen LogP contribution in [0.1, 0.15) is 0 Å². The zero-order valence-corrected chi connectivity index (χ0v) is 14.6. The van der Waals surface area contributed by atoms with Crippen LogP contribution in [0.2, 0.25) is 25.7 Å². The number of anilines is 1. The maximum Gasteiger partial charge on any atom is 0.411 e. The molecule has 6 heteroatoms. The van der Waals surface area contributed by atoms with E-state index in [0.29, 0.717) is 12.2 Å². The summed E-state index contributed by atoms with van der Waals surface area (Å²) >= 11 is 0. The van der Waals surface area contributed by atoms with Gasteiger partial charge in [-0.3, -0.25) is 9.88 Å². The van der Waals surface area contributed by atoms with Gasteiger partial charge >= 0.3 is 6.09 Å². The molecule has 2 aromatic heterocycles. The summed E-state index contributed by atoms with van der Waals surface area (Å²) in [6, 6.07) is 8.68. The Hall–Kier alpha value is -2.34. The second-order valence-electron chi connectivity index (χ2n) is 7.02. The first-order valence-electron chi connectivity index (χ1n) is 7.71. The molecule has 0 bridgehead atoms. The molecule has 120 valence electrons. The number of hydrogen-bond donors (Lipinski definition) is 2. The monoisotopic (exact) mass is 327 g/mol. The summed E-state index contributed by atoms with van der Waals surface area (Å²) in [5.74, 6) is 0. The lowest BCUT2D eigenvalue weighted by molar-refractivity contribution is 0.202. The highest BCUT2D eigenvalue weighted by Crippen LogP contribution is 2.28. The molecule has 3 aromatic rings. The molecule has 0 aliphatic heterocycles. The van der Waals surface area contributed by atoms with Crippen molar-refractivity contribution >= 4 is 41.7 Å². The predicted octanol–water partition coefficient (Wildman–Crippen LogP) is 4.54. The Balaban J connectivity index is 2.00. The SMILES string of the molecule is C[Si](C)(C)CCN(C(=O)O)c1ccc2c(c1)[nH]c1cnccc12. The molecule has 0 radical (unpaired) electrons. The third-order valence-electron chi connectivity index (χ3n) is 4.01. The van der Waals surface area contributed by atoms with E-state index in [1.807, 2.05) is 24.3 Å². The number of hydrogen-bond acceptors (Lipinski definition) is 2. The number of nitrogens with zero attached hydrogens (tertiary/aromatic N) is 2.